The number of hydrogen-bond donors (Lipinski definition) is 1. The Morgan fingerprint density at radius 3 is 2.87 bits per heavy atom. The van der Waals surface area contributed by atoms with Crippen molar-refractivity contribution in [3.63, 3.8) is 0 Å². The minimum Gasteiger partial charge on any atom is -0.481 e. The smallest absolute Gasteiger partial charge is 0.307 e. The van der Waals surface area contributed by atoms with Gasteiger partial charge in [0.25, 0.3) is 0 Å². The summed E-state index contributed by atoms with van der Waals surface area (Å²) in [6.07, 6.45) is 5.69. The van der Waals surface area contributed by atoms with Gasteiger partial charge < -0.3 is 9.84 Å². The summed E-state index contributed by atoms with van der Waals surface area (Å²) in [5.41, 5.74) is 0. The average Bonchev–Trinajstić information content (AvgIpc) is 2.86. The molecular weight excluding hydrogens is 212 g/mol. The molecule has 0 bridgehead atoms. The summed E-state index contributed by atoms with van der Waals surface area (Å²) in [4.78, 5) is 11.0. The SMILES string of the molecule is O=C(O)C1CCCC1SCC1CCCO1. The first-order valence-electron chi connectivity index (χ1n) is 5.73. The maximum absolute atomic E-state index is 11.0. The monoisotopic (exact) mass is 230 g/mol. The van der Waals surface area contributed by atoms with Gasteiger partial charge in [-0.15, -0.1) is 0 Å². The standard InChI is InChI=1S/C11H18O3S/c12-11(13)9-4-1-5-10(9)15-7-8-3-2-6-14-8/h8-10H,1-7H2,(H,12,13). The second-order valence-corrected chi connectivity index (χ2v) is 5.65. The summed E-state index contributed by atoms with van der Waals surface area (Å²) in [5.74, 6) is 0.253. The Bertz CT molecular complexity index is 226. The van der Waals surface area contributed by atoms with Crippen LogP contribution in [0, 0.1) is 5.92 Å². The van der Waals surface area contributed by atoms with Crippen molar-refractivity contribution in [3.05, 3.63) is 0 Å². The van der Waals surface area contributed by atoms with E-state index in [9.17, 15) is 4.79 Å². The molecule has 1 aliphatic heterocycles. The molecule has 0 aromatic rings. The Morgan fingerprint density at radius 1 is 1.33 bits per heavy atom. The van der Waals surface area contributed by atoms with Crippen molar-refractivity contribution in [2.24, 2.45) is 5.92 Å². The van der Waals surface area contributed by atoms with Crippen molar-refractivity contribution < 1.29 is 14.6 Å². The third kappa shape index (κ3) is 2.88. The zero-order chi connectivity index (χ0) is 10.7. The zero-order valence-electron chi connectivity index (χ0n) is 8.85. The van der Waals surface area contributed by atoms with Crippen molar-refractivity contribution >= 4 is 17.7 Å². The number of hydrogen-bond acceptors (Lipinski definition) is 3. The lowest BCUT2D eigenvalue weighted by atomic mass is 10.1. The molecule has 15 heavy (non-hydrogen) atoms. The highest BCUT2D eigenvalue weighted by Gasteiger charge is 2.33. The fraction of sp³-hybridized carbons (Fsp3) is 0.909. The van der Waals surface area contributed by atoms with E-state index in [1.54, 1.807) is 0 Å². The molecule has 2 aliphatic rings. The van der Waals surface area contributed by atoms with E-state index in [-0.39, 0.29) is 5.92 Å². The minimum atomic E-state index is -0.614. The van der Waals surface area contributed by atoms with E-state index >= 15 is 0 Å². The van der Waals surface area contributed by atoms with Crippen LogP contribution in [0.25, 0.3) is 0 Å². The lowest BCUT2D eigenvalue weighted by Gasteiger charge is -2.17. The molecular formula is C11H18O3S. The molecule has 0 aromatic heterocycles. The van der Waals surface area contributed by atoms with Crippen LogP contribution in [-0.4, -0.2) is 34.8 Å². The van der Waals surface area contributed by atoms with Crippen molar-refractivity contribution in [1.82, 2.24) is 0 Å². The molecule has 1 heterocycles. The van der Waals surface area contributed by atoms with Gasteiger partial charge in [0.2, 0.25) is 0 Å². The number of carboxylic acids is 1. The second kappa shape index (κ2) is 5.21. The fourth-order valence-electron chi connectivity index (χ4n) is 2.41. The van der Waals surface area contributed by atoms with Gasteiger partial charge in [-0.05, 0) is 25.7 Å². The number of carbonyl (C=O) groups is 1. The van der Waals surface area contributed by atoms with Gasteiger partial charge in [0.05, 0.1) is 12.0 Å². The Balaban J connectivity index is 1.75. The number of aliphatic carboxylic acids is 1. The van der Waals surface area contributed by atoms with Crippen molar-refractivity contribution in [1.29, 1.82) is 0 Å². The summed E-state index contributed by atoms with van der Waals surface area (Å²) in [6, 6.07) is 0. The van der Waals surface area contributed by atoms with Crippen LogP contribution >= 0.6 is 11.8 Å². The van der Waals surface area contributed by atoms with E-state index in [4.69, 9.17) is 9.84 Å². The number of thioether (sulfide) groups is 1. The van der Waals surface area contributed by atoms with E-state index in [1.165, 1.54) is 0 Å². The molecule has 4 heteroatoms. The Kier molecular flexibility index (Phi) is 3.92. The Labute approximate surface area is 94.6 Å². The van der Waals surface area contributed by atoms with Gasteiger partial charge in [0, 0.05) is 17.6 Å². The lowest BCUT2D eigenvalue weighted by molar-refractivity contribution is -0.141. The van der Waals surface area contributed by atoms with Gasteiger partial charge in [-0.2, -0.15) is 11.8 Å². The van der Waals surface area contributed by atoms with Gasteiger partial charge in [0.1, 0.15) is 0 Å². The van der Waals surface area contributed by atoms with Crippen LogP contribution in [-0.2, 0) is 9.53 Å². The molecule has 3 atom stereocenters. The first kappa shape index (κ1) is 11.3. The van der Waals surface area contributed by atoms with E-state index in [0.717, 1.165) is 44.5 Å². The molecule has 3 nitrogen and oxygen atoms in total. The maximum Gasteiger partial charge on any atom is 0.307 e. The van der Waals surface area contributed by atoms with Crippen molar-refractivity contribution in [3.8, 4) is 0 Å². The average molecular weight is 230 g/mol. The van der Waals surface area contributed by atoms with Gasteiger partial charge in [-0.25, -0.2) is 0 Å². The van der Waals surface area contributed by atoms with E-state index in [2.05, 4.69) is 0 Å². The normalized spacial score (nSPS) is 35.9. The summed E-state index contributed by atoms with van der Waals surface area (Å²) < 4.78 is 5.54. The highest BCUT2D eigenvalue weighted by Crippen LogP contribution is 2.36. The predicted molar refractivity (Wildman–Crippen MR) is 60.2 cm³/mol. The summed E-state index contributed by atoms with van der Waals surface area (Å²) in [5, 5.41) is 9.36. The van der Waals surface area contributed by atoms with Gasteiger partial charge in [-0.1, -0.05) is 6.42 Å². The molecule has 1 saturated carbocycles. The molecule has 0 amide bonds. The van der Waals surface area contributed by atoms with Crippen LogP contribution in [0.3, 0.4) is 0 Å². The number of carboxylic acid groups (broad SMARTS) is 1. The van der Waals surface area contributed by atoms with Gasteiger partial charge >= 0.3 is 5.97 Å². The minimum absolute atomic E-state index is 0.114. The van der Waals surface area contributed by atoms with E-state index in [1.807, 2.05) is 11.8 Å². The van der Waals surface area contributed by atoms with Gasteiger partial charge in [0.15, 0.2) is 0 Å². The molecule has 1 N–H and O–H groups in total. The molecule has 1 aliphatic carbocycles. The van der Waals surface area contributed by atoms with Crippen LogP contribution in [0.5, 0.6) is 0 Å². The maximum atomic E-state index is 11.0. The molecule has 2 rings (SSSR count). The predicted octanol–water partition coefficient (Wildman–Crippen LogP) is 2.15. The molecule has 0 aromatic carbocycles. The quantitative estimate of drug-likeness (QED) is 0.804. The Hall–Kier alpha value is -0.220. The molecule has 0 radical (unpaired) electrons. The highest BCUT2D eigenvalue weighted by molar-refractivity contribution is 8.00. The van der Waals surface area contributed by atoms with Crippen LogP contribution in [0.4, 0.5) is 0 Å². The summed E-state index contributed by atoms with van der Waals surface area (Å²) in [6.45, 7) is 0.887. The topological polar surface area (TPSA) is 46.5 Å². The van der Waals surface area contributed by atoms with E-state index in [0.29, 0.717) is 11.4 Å². The van der Waals surface area contributed by atoms with Crippen LogP contribution < -0.4 is 0 Å². The third-order valence-corrected chi connectivity index (χ3v) is 4.85. The summed E-state index contributed by atoms with van der Waals surface area (Å²) in [7, 11) is 0. The number of ether oxygens (including phenoxy) is 1. The van der Waals surface area contributed by atoms with E-state index < -0.39 is 5.97 Å². The largest absolute Gasteiger partial charge is 0.481 e. The summed E-state index contributed by atoms with van der Waals surface area (Å²) >= 11 is 1.81. The number of rotatable bonds is 4. The third-order valence-electron chi connectivity index (χ3n) is 3.29. The highest BCUT2D eigenvalue weighted by atomic mass is 32.2. The van der Waals surface area contributed by atoms with Crippen LogP contribution in [0.15, 0.2) is 0 Å². The molecule has 1 saturated heterocycles. The first-order chi connectivity index (χ1) is 7.27. The molecule has 2 fully saturated rings. The second-order valence-electron chi connectivity index (χ2n) is 4.38. The van der Waals surface area contributed by atoms with Crippen molar-refractivity contribution in [2.45, 2.75) is 43.5 Å². The zero-order valence-corrected chi connectivity index (χ0v) is 9.67. The fourth-order valence-corrected chi connectivity index (χ4v) is 3.96. The van der Waals surface area contributed by atoms with Crippen molar-refractivity contribution in [2.75, 3.05) is 12.4 Å². The first-order valence-corrected chi connectivity index (χ1v) is 6.78. The van der Waals surface area contributed by atoms with Crippen LogP contribution in [0.2, 0.25) is 0 Å². The van der Waals surface area contributed by atoms with Crippen LogP contribution in [0.1, 0.15) is 32.1 Å². The molecule has 0 spiro atoms. The lowest BCUT2D eigenvalue weighted by Crippen LogP contribution is -2.22. The Morgan fingerprint density at radius 2 is 2.20 bits per heavy atom. The van der Waals surface area contributed by atoms with Gasteiger partial charge in [-0.3, -0.25) is 4.79 Å². The molecule has 3 unspecified atom stereocenters. The molecule has 86 valence electrons.